The molecule has 2 rings (SSSR count). The number of hydrogen-bond donors (Lipinski definition) is 4. The molecule has 23 heavy (non-hydrogen) atoms. The van der Waals surface area contributed by atoms with Crippen LogP contribution in [0.15, 0.2) is 48.1 Å². The number of hydrogen-bond acceptors (Lipinski definition) is 5. The van der Waals surface area contributed by atoms with Gasteiger partial charge in [0.15, 0.2) is 0 Å². The number of imidazole rings is 1. The molecular formula is C13H16CuN4O5. The summed E-state index contributed by atoms with van der Waals surface area (Å²) in [6.07, 6.45) is 5.08. The van der Waals surface area contributed by atoms with E-state index in [1.807, 2.05) is 5.43 Å². The Morgan fingerprint density at radius 2 is 1.96 bits per heavy atom. The number of benzene rings is 1. The van der Waals surface area contributed by atoms with Gasteiger partial charge in [0.05, 0.1) is 11.9 Å². The first-order valence-electron chi connectivity index (χ1n) is 5.81. The minimum absolute atomic E-state index is 0. The van der Waals surface area contributed by atoms with Gasteiger partial charge in [-0.05, 0) is 19.1 Å². The van der Waals surface area contributed by atoms with Crippen LogP contribution in [0, 0.1) is 0 Å². The Labute approximate surface area is 142 Å². The first kappa shape index (κ1) is 22.6. The fourth-order valence-electron chi connectivity index (χ4n) is 1.12. The molecular weight excluding hydrogens is 356 g/mol. The van der Waals surface area contributed by atoms with Crippen molar-refractivity contribution in [3.05, 3.63) is 48.5 Å². The van der Waals surface area contributed by atoms with E-state index in [0.29, 0.717) is 0 Å². The van der Waals surface area contributed by atoms with Crippen molar-refractivity contribution in [1.29, 1.82) is 0 Å². The Balaban J connectivity index is 0. The third-order valence-corrected chi connectivity index (χ3v) is 2.19. The van der Waals surface area contributed by atoms with Crippen molar-refractivity contribution in [2.75, 3.05) is 0 Å². The first-order valence-corrected chi connectivity index (χ1v) is 5.81. The summed E-state index contributed by atoms with van der Waals surface area (Å²) in [5.41, 5.74) is 1.81. The topological polar surface area (TPSA) is 159 Å². The van der Waals surface area contributed by atoms with Gasteiger partial charge in [-0.25, -0.2) is 15.2 Å². The Kier molecular flexibility index (Phi) is 11.7. The van der Waals surface area contributed by atoms with Crippen LogP contribution < -0.4 is 5.43 Å². The molecule has 1 heterocycles. The van der Waals surface area contributed by atoms with E-state index in [1.54, 1.807) is 30.9 Å². The third kappa shape index (κ3) is 8.37. The quantitative estimate of drug-likeness (QED) is 0.343. The molecule has 0 aliphatic heterocycles. The van der Waals surface area contributed by atoms with E-state index in [-0.39, 0.29) is 39.6 Å². The number of nitrogens with zero attached hydrogens (tertiary/aromatic N) is 2. The van der Waals surface area contributed by atoms with E-state index >= 15 is 0 Å². The predicted molar refractivity (Wildman–Crippen MR) is 78.5 cm³/mol. The standard InChI is InChI=1S/C10H10N2O4.C3H4N2.Cu.H2O/c1-6(10(15)16)11-12-9(14)7-4-2-3-5-8(7)13;1-2-5-3-4-1;;/h2-5,13H,1H3,(H,12,14)(H,15,16);1-3H,(H,4,5);;1H2. The van der Waals surface area contributed by atoms with Crippen molar-refractivity contribution in [2.45, 2.75) is 6.92 Å². The van der Waals surface area contributed by atoms with Crippen LogP contribution in [0.3, 0.4) is 0 Å². The van der Waals surface area contributed by atoms with E-state index < -0.39 is 11.9 Å². The van der Waals surface area contributed by atoms with Crippen LogP contribution in [0.5, 0.6) is 5.75 Å². The first-order chi connectivity index (χ1) is 10.0. The van der Waals surface area contributed by atoms with Crippen molar-refractivity contribution < 1.29 is 42.3 Å². The predicted octanol–water partition coefficient (Wildman–Crippen LogP) is 0.165. The zero-order valence-corrected chi connectivity index (χ0v) is 12.9. The Morgan fingerprint density at radius 3 is 2.39 bits per heavy atom. The Morgan fingerprint density at radius 1 is 1.30 bits per heavy atom. The maximum absolute atomic E-state index is 11.4. The second-order valence-corrected chi connectivity index (χ2v) is 3.72. The van der Waals surface area contributed by atoms with Crippen LogP contribution in [0.1, 0.15) is 17.3 Å². The summed E-state index contributed by atoms with van der Waals surface area (Å²) < 4.78 is 0. The van der Waals surface area contributed by atoms with Crippen LogP contribution in [-0.4, -0.2) is 43.2 Å². The summed E-state index contributed by atoms with van der Waals surface area (Å²) >= 11 is 0. The molecule has 0 spiro atoms. The van der Waals surface area contributed by atoms with Crippen LogP contribution in [-0.2, 0) is 21.9 Å². The molecule has 10 heteroatoms. The van der Waals surface area contributed by atoms with Crippen LogP contribution >= 0.6 is 0 Å². The van der Waals surface area contributed by atoms with Gasteiger partial charge in [-0.15, -0.1) is 0 Å². The van der Waals surface area contributed by atoms with E-state index in [9.17, 15) is 14.7 Å². The summed E-state index contributed by atoms with van der Waals surface area (Å²) in [4.78, 5) is 28.2. The molecule has 9 nitrogen and oxygen atoms in total. The smallest absolute Gasteiger partial charge is 0.351 e. The number of carbonyl (C=O) groups excluding carboxylic acids is 1. The van der Waals surface area contributed by atoms with Gasteiger partial charge >= 0.3 is 5.97 Å². The van der Waals surface area contributed by atoms with Crippen LogP contribution in [0.2, 0.25) is 0 Å². The molecule has 2 aromatic rings. The van der Waals surface area contributed by atoms with Crippen LogP contribution in [0.4, 0.5) is 0 Å². The summed E-state index contributed by atoms with van der Waals surface area (Å²) in [5, 5.41) is 21.2. The molecule has 0 fully saturated rings. The molecule has 129 valence electrons. The van der Waals surface area contributed by atoms with Gasteiger partial charge in [-0.2, -0.15) is 5.10 Å². The molecule has 1 aromatic carbocycles. The molecule has 0 bridgehead atoms. The number of nitrogens with one attached hydrogen (secondary N) is 2. The molecule has 0 aliphatic rings. The molecule has 0 unspecified atom stereocenters. The number of H-pyrrole nitrogens is 1. The van der Waals surface area contributed by atoms with Crippen molar-refractivity contribution in [1.82, 2.24) is 15.4 Å². The maximum Gasteiger partial charge on any atom is 0.351 e. The number of amides is 1. The molecule has 6 N–H and O–H groups in total. The SMILES string of the molecule is CC(=NNC(=O)c1ccccc1O)C(=O)O.O.[Cu].c1c[nH]cn1. The number of aromatic hydroxyl groups is 1. The number of aromatic amines is 1. The van der Waals surface area contributed by atoms with Crippen molar-refractivity contribution in [3.8, 4) is 5.75 Å². The van der Waals surface area contributed by atoms with Gasteiger partial charge in [-0.3, -0.25) is 4.79 Å². The van der Waals surface area contributed by atoms with Crippen molar-refractivity contribution in [2.24, 2.45) is 5.10 Å². The second kappa shape index (κ2) is 11.9. The molecule has 0 saturated heterocycles. The van der Waals surface area contributed by atoms with E-state index in [0.717, 1.165) is 0 Å². The fraction of sp³-hybridized carbons (Fsp3) is 0.0769. The van der Waals surface area contributed by atoms with Gasteiger partial charge in [0.25, 0.3) is 5.91 Å². The van der Waals surface area contributed by atoms with Gasteiger partial charge in [0.2, 0.25) is 0 Å². The number of aliphatic carboxylic acids is 1. The van der Waals surface area contributed by atoms with E-state index in [1.165, 1.54) is 19.1 Å². The summed E-state index contributed by atoms with van der Waals surface area (Å²) in [6.45, 7) is 1.24. The van der Waals surface area contributed by atoms with Gasteiger partial charge in [0, 0.05) is 29.5 Å². The van der Waals surface area contributed by atoms with Crippen LogP contribution in [0.25, 0.3) is 0 Å². The number of aromatic nitrogens is 2. The van der Waals surface area contributed by atoms with Gasteiger partial charge in [0.1, 0.15) is 11.5 Å². The molecule has 1 aromatic heterocycles. The average molecular weight is 372 g/mol. The third-order valence-electron chi connectivity index (χ3n) is 2.19. The largest absolute Gasteiger partial charge is 0.507 e. The minimum Gasteiger partial charge on any atom is -0.507 e. The average Bonchev–Trinajstić information content (AvgIpc) is 3.04. The number of rotatable bonds is 3. The maximum atomic E-state index is 11.4. The van der Waals surface area contributed by atoms with E-state index in [4.69, 9.17) is 5.11 Å². The molecule has 1 amide bonds. The van der Waals surface area contributed by atoms with Crippen molar-refractivity contribution >= 4 is 17.6 Å². The number of phenols is 1. The van der Waals surface area contributed by atoms with Gasteiger partial charge < -0.3 is 20.7 Å². The zero-order valence-electron chi connectivity index (χ0n) is 11.9. The number of carbonyl (C=O) groups is 2. The fourth-order valence-corrected chi connectivity index (χ4v) is 1.12. The Hall–Kier alpha value is -2.68. The van der Waals surface area contributed by atoms with Crippen molar-refractivity contribution in [3.63, 3.8) is 0 Å². The second-order valence-electron chi connectivity index (χ2n) is 3.72. The zero-order chi connectivity index (χ0) is 15.7. The number of carboxylic acid groups (broad SMARTS) is 1. The normalized spacial score (nSPS) is 9.35. The Bertz CT molecular complexity index is 614. The number of phenolic OH excluding ortho intramolecular Hbond substituents is 1. The molecule has 1 radical (unpaired) electrons. The van der Waals surface area contributed by atoms with E-state index in [2.05, 4.69) is 15.1 Å². The summed E-state index contributed by atoms with van der Waals surface area (Å²) in [5.74, 6) is -2.08. The number of carboxylic acids is 1. The number of hydrazone groups is 1. The summed E-state index contributed by atoms with van der Waals surface area (Å²) in [7, 11) is 0. The molecule has 0 saturated carbocycles. The molecule has 0 atom stereocenters. The minimum atomic E-state index is -1.22. The number of para-hydroxylation sites is 1. The molecule has 0 aliphatic carbocycles. The van der Waals surface area contributed by atoms with Gasteiger partial charge in [-0.1, -0.05) is 12.1 Å². The summed E-state index contributed by atoms with van der Waals surface area (Å²) in [6, 6.07) is 5.89. The monoisotopic (exact) mass is 371 g/mol.